The van der Waals surface area contributed by atoms with Crippen LogP contribution in [-0.2, 0) is 14.8 Å². The van der Waals surface area contributed by atoms with E-state index in [9.17, 15) is 18.0 Å². The number of halogens is 1. The smallest absolute Gasteiger partial charge is 0.410 e. The van der Waals surface area contributed by atoms with E-state index < -0.39 is 21.5 Å². The van der Waals surface area contributed by atoms with Gasteiger partial charge in [-0.25, -0.2) is 32.6 Å². The summed E-state index contributed by atoms with van der Waals surface area (Å²) in [6.07, 6.45) is 8.64. The van der Waals surface area contributed by atoms with Crippen molar-refractivity contribution in [2.45, 2.75) is 96.1 Å². The fourth-order valence-electron chi connectivity index (χ4n) is 5.84. The molecule has 2 N–H and O–H groups in total. The molecule has 3 aromatic heterocycles. The van der Waals surface area contributed by atoms with Crippen LogP contribution in [0.1, 0.15) is 90.4 Å². The number of sulfonamides is 1. The molecule has 0 bridgehead atoms. The van der Waals surface area contributed by atoms with Crippen molar-refractivity contribution in [3.63, 3.8) is 0 Å². The lowest BCUT2D eigenvalue weighted by molar-refractivity contribution is 0.0130. The quantitative estimate of drug-likeness (QED) is 0.154. The summed E-state index contributed by atoms with van der Waals surface area (Å²) in [7, 11) is -4.25. The molecule has 1 saturated heterocycles. The first kappa shape index (κ1) is 36.4. The number of carbonyl (C=O) groups is 2. The van der Waals surface area contributed by atoms with Gasteiger partial charge < -0.3 is 19.7 Å². The van der Waals surface area contributed by atoms with Gasteiger partial charge >= 0.3 is 6.09 Å². The van der Waals surface area contributed by atoms with Crippen LogP contribution in [0.5, 0.6) is 5.88 Å². The average Bonchev–Trinajstić information content (AvgIpc) is 3.40. The highest BCUT2D eigenvalue weighted by molar-refractivity contribution is 7.90. The molecule has 1 aliphatic carbocycles. The zero-order chi connectivity index (χ0) is 35.6. The standard InChI is InChI=1S/C34H46ClN7O6S/c1-32(2,3)48-31(44)41-22-23(21-33(41,4)5)8-7-16-36-26-20-24(11-17-37-26)49(45,46)40-30(43)25-9-10-27(38-29(25)35)42-18-12-28(39-42)47-19-15-34(6)13-14-34/h9-12,17-18,20,23H,7-8,13-16,19,21-22H2,1-6H3,(H,36,37)(H,40,43). The minimum Gasteiger partial charge on any atom is -0.477 e. The van der Waals surface area contributed by atoms with Crippen molar-refractivity contribution in [3.8, 4) is 11.7 Å². The van der Waals surface area contributed by atoms with Gasteiger partial charge in [0.2, 0.25) is 5.88 Å². The summed E-state index contributed by atoms with van der Waals surface area (Å²) in [4.78, 5) is 35.9. The summed E-state index contributed by atoms with van der Waals surface area (Å²) in [5.41, 5.74) is -0.590. The van der Waals surface area contributed by atoms with Crippen molar-refractivity contribution < 1.29 is 27.5 Å². The van der Waals surface area contributed by atoms with Crippen LogP contribution in [-0.4, -0.2) is 75.9 Å². The lowest BCUT2D eigenvalue weighted by Gasteiger charge is -2.33. The normalized spacial score (nSPS) is 18.2. The second-order valence-electron chi connectivity index (χ2n) is 14.9. The van der Waals surface area contributed by atoms with E-state index in [1.165, 1.54) is 48.0 Å². The van der Waals surface area contributed by atoms with Gasteiger partial charge in [-0.1, -0.05) is 18.5 Å². The highest BCUT2D eigenvalue weighted by Crippen LogP contribution is 2.48. The van der Waals surface area contributed by atoms with E-state index in [0.29, 0.717) is 48.5 Å². The Kier molecular flexibility index (Phi) is 10.5. The summed E-state index contributed by atoms with van der Waals surface area (Å²) >= 11 is 6.32. The second kappa shape index (κ2) is 14.1. The highest BCUT2D eigenvalue weighted by atomic mass is 35.5. The number of nitrogens with zero attached hydrogens (tertiary/aromatic N) is 5. The SMILES string of the molecule is CC1(CCOc2ccn(-c3ccc(C(=O)NS(=O)(=O)c4ccnc(NCCCC5CN(C(=O)OC(C)(C)C)C(C)(C)C5)c4)c(Cl)n3)n2)CC1. The van der Waals surface area contributed by atoms with Crippen molar-refractivity contribution in [2.75, 3.05) is 25.0 Å². The Labute approximate surface area is 293 Å². The lowest BCUT2D eigenvalue weighted by Crippen LogP contribution is -2.45. The molecule has 2 amide bonds. The molecule has 3 aromatic rings. The zero-order valence-corrected chi connectivity index (χ0v) is 30.5. The molecule has 0 spiro atoms. The van der Waals surface area contributed by atoms with Crippen LogP contribution in [0.4, 0.5) is 10.6 Å². The highest BCUT2D eigenvalue weighted by Gasteiger charge is 2.42. The Bertz CT molecular complexity index is 1780. The third-order valence-electron chi connectivity index (χ3n) is 8.87. The molecule has 1 aliphatic heterocycles. The van der Waals surface area contributed by atoms with Gasteiger partial charge in [0.1, 0.15) is 16.6 Å². The van der Waals surface area contributed by atoms with Crippen molar-refractivity contribution >= 4 is 39.4 Å². The van der Waals surface area contributed by atoms with Crippen LogP contribution >= 0.6 is 11.6 Å². The monoisotopic (exact) mass is 715 g/mol. The molecule has 13 nitrogen and oxygen atoms in total. The first-order valence-electron chi connectivity index (χ1n) is 16.6. The molecule has 1 saturated carbocycles. The Balaban J connectivity index is 1.12. The van der Waals surface area contributed by atoms with E-state index in [-0.39, 0.29) is 27.2 Å². The van der Waals surface area contributed by atoms with Gasteiger partial charge in [-0.2, -0.15) is 0 Å². The van der Waals surface area contributed by atoms with E-state index in [0.717, 1.165) is 25.7 Å². The fraction of sp³-hybridized carbons (Fsp3) is 0.559. The summed E-state index contributed by atoms with van der Waals surface area (Å²) < 4.78 is 41.2. The molecule has 2 aliphatic rings. The molecule has 1 unspecified atom stereocenters. The average molecular weight is 716 g/mol. The maximum absolute atomic E-state index is 13.1. The number of hydrogen-bond acceptors (Lipinski definition) is 10. The number of carbonyl (C=O) groups excluding carboxylic acids is 2. The van der Waals surface area contributed by atoms with Gasteiger partial charge in [-0.15, -0.1) is 5.10 Å². The van der Waals surface area contributed by atoms with E-state index in [4.69, 9.17) is 21.1 Å². The molecule has 266 valence electrons. The topological polar surface area (TPSA) is 158 Å². The van der Waals surface area contributed by atoms with Crippen molar-refractivity contribution in [3.05, 3.63) is 53.4 Å². The number of ether oxygens (including phenoxy) is 2. The van der Waals surface area contributed by atoms with Gasteiger partial charge in [0.15, 0.2) is 5.82 Å². The molecule has 5 rings (SSSR count). The van der Waals surface area contributed by atoms with Gasteiger partial charge in [-0.05, 0) is 103 Å². The molecule has 0 aromatic carbocycles. The fourth-order valence-corrected chi connectivity index (χ4v) is 7.05. The molecule has 49 heavy (non-hydrogen) atoms. The lowest BCUT2D eigenvalue weighted by atomic mass is 9.93. The second-order valence-corrected chi connectivity index (χ2v) is 16.9. The number of likely N-dealkylation sites (tertiary alicyclic amines) is 1. The van der Waals surface area contributed by atoms with E-state index in [1.54, 1.807) is 17.2 Å². The van der Waals surface area contributed by atoms with Crippen LogP contribution in [0, 0.1) is 11.3 Å². The summed E-state index contributed by atoms with van der Waals surface area (Å²) in [5, 5.41) is 7.35. The number of amides is 2. The van der Waals surface area contributed by atoms with Crippen LogP contribution in [0.3, 0.4) is 0 Å². The van der Waals surface area contributed by atoms with Crippen molar-refractivity contribution in [1.82, 2.24) is 29.4 Å². The third-order valence-corrected chi connectivity index (χ3v) is 10.5. The predicted octanol–water partition coefficient (Wildman–Crippen LogP) is 6.23. The number of nitrogens with one attached hydrogen (secondary N) is 2. The van der Waals surface area contributed by atoms with E-state index in [2.05, 4.69) is 32.0 Å². The zero-order valence-electron chi connectivity index (χ0n) is 29.0. The molecule has 1 atom stereocenters. The molecule has 0 radical (unpaired) electrons. The van der Waals surface area contributed by atoms with Gasteiger partial charge in [0.05, 0.1) is 17.1 Å². The van der Waals surface area contributed by atoms with Gasteiger partial charge in [0.25, 0.3) is 15.9 Å². The van der Waals surface area contributed by atoms with Crippen LogP contribution < -0.4 is 14.8 Å². The summed E-state index contributed by atoms with van der Waals surface area (Å²) in [6.45, 7) is 13.6. The molecule has 15 heteroatoms. The van der Waals surface area contributed by atoms with E-state index in [1.807, 2.05) is 34.6 Å². The predicted molar refractivity (Wildman–Crippen MR) is 186 cm³/mol. The van der Waals surface area contributed by atoms with Crippen LogP contribution in [0.25, 0.3) is 5.82 Å². The number of hydrogen-bond donors (Lipinski definition) is 2. The minimum absolute atomic E-state index is 0.108. The van der Waals surface area contributed by atoms with E-state index >= 15 is 0 Å². The van der Waals surface area contributed by atoms with Crippen molar-refractivity contribution in [1.29, 1.82) is 0 Å². The number of anilines is 1. The summed E-state index contributed by atoms with van der Waals surface area (Å²) in [6, 6.07) is 7.30. The van der Waals surface area contributed by atoms with Gasteiger partial charge in [-0.3, -0.25) is 4.79 Å². The molecular formula is C34H46ClN7O6S. The molecular weight excluding hydrogens is 670 g/mol. The minimum atomic E-state index is -4.25. The third kappa shape index (κ3) is 9.62. The van der Waals surface area contributed by atoms with Crippen LogP contribution in [0.2, 0.25) is 5.15 Å². The Morgan fingerprint density at radius 2 is 1.88 bits per heavy atom. The first-order valence-corrected chi connectivity index (χ1v) is 18.4. The number of rotatable bonds is 13. The Morgan fingerprint density at radius 1 is 1.12 bits per heavy atom. The number of aromatic nitrogens is 4. The van der Waals surface area contributed by atoms with Crippen molar-refractivity contribution in [2.24, 2.45) is 11.3 Å². The Hall–Kier alpha value is -3.91. The molecule has 2 fully saturated rings. The number of pyridine rings is 2. The summed E-state index contributed by atoms with van der Waals surface area (Å²) in [5.74, 6) is 0.534. The maximum Gasteiger partial charge on any atom is 0.410 e. The Morgan fingerprint density at radius 3 is 2.57 bits per heavy atom. The van der Waals surface area contributed by atoms with Gasteiger partial charge in [0, 0.05) is 43.2 Å². The first-order chi connectivity index (χ1) is 22.9. The maximum atomic E-state index is 13.1. The largest absolute Gasteiger partial charge is 0.477 e. The molecule has 4 heterocycles. The van der Waals surface area contributed by atoms with Crippen LogP contribution in [0.15, 0.2) is 47.6 Å².